The van der Waals surface area contributed by atoms with Gasteiger partial charge in [-0.05, 0) is 73.7 Å². The van der Waals surface area contributed by atoms with Gasteiger partial charge in [0, 0.05) is 23.6 Å². The second-order valence-corrected chi connectivity index (χ2v) is 10.3. The lowest BCUT2D eigenvalue weighted by atomic mass is 9.88. The second-order valence-electron chi connectivity index (χ2n) is 10.3. The maximum absolute atomic E-state index is 13.6. The summed E-state index contributed by atoms with van der Waals surface area (Å²) in [5.74, 6) is 1.99. The summed E-state index contributed by atoms with van der Waals surface area (Å²) >= 11 is 0. The van der Waals surface area contributed by atoms with Crippen molar-refractivity contribution < 1.29 is 14.4 Å². The summed E-state index contributed by atoms with van der Waals surface area (Å²) in [5, 5.41) is 16.2. The van der Waals surface area contributed by atoms with Gasteiger partial charge in [0.1, 0.15) is 12.4 Å². The van der Waals surface area contributed by atoms with E-state index in [0.29, 0.717) is 41.3 Å². The molecule has 42 heavy (non-hydrogen) atoms. The summed E-state index contributed by atoms with van der Waals surface area (Å²) in [4.78, 5) is 29.1. The Hall–Kier alpha value is -4.79. The average molecular weight is 567 g/mol. The zero-order valence-corrected chi connectivity index (χ0v) is 23.7. The molecule has 9 nitrogen and oxygen atoms in total. The smallest absolute Gasteiger partial charge is 0.282 e. The Labute approximate surface area is 244 Å². The lowest BCUT2D eigenvalue weighted by Crippen LogP contribution is -2.25. The Kier molecular flexibility index (Phi) is 9.06. The van der Waals surface area contributed by atoms with Gasteiger partial charge in [-0.15, -0.1) is 6.58 Å². The highest BCUT2D eigenvalue weighted by Gasteiger charge is 2.22. The van der Waals surface area contributed by atoms with E-state index in [0.717, 1.165) is 42.4 Å². The fourth-order valence-corrected chi connectivity index (χ4v) is 5.36. The van der Waals surface area contributed by atoms with Crippen molar-refractivity contribution in [3.05, 3.63) is 116 Å². The minimum Gasteiger partial charge on any atom is -0.490 e. The molecule has 3 aromatic carbocycles. The number of benzene rings is 3. The number of rotatable bonds is 11. The van der Waals surface area contributed by atoms with Gasteiger partial charge in [0.05, 0.1) is 28.6 Å². The molecule has 0 spiro atoms. The molecule has 0 atom stereocenters. The number of ether oxygens (including phenoxy) is 2. The van der Waals surface area contributed by atoms with Gasteiger partial charge >= 0.3 is 0 Å². The highest BCUT2D eigenvalue weighted by Crippen LogP contribution is 2.35. The van der Waals surface area contributed by atoms with Crippen molar-refractivity contribution in [3.63, 3.8) is 0 Å². The predicted octanol–water partition coefficient (Wildman–Crippen LogP) is 6.94. The number of fused-ring (bicyclic) bond motifs is 1. The third-order valence-electron chi connectivity index (χ3n) is 7.42. The van der Waals surface area contributed by atoms with Gasteiger partial charge in [-0.25, -0.2) is 4.98 Å². The molecule has 1 aromatic heterocycles. The first-order valence-corrected chi connectivity index (χ1v) is 14.3. The van der Waals surface area contributed by atoms with Crippen LogP contribution < -0.4 is 15.0 Å². The van der Waals surface area contributed by atoms with E-state index in [1.807, 2.05) is 37.3 Å². The van der Waals surface area contributed by atoms with E-state index in [9.17, 15) is 14.9 Å². The van der Waals surface area contributed by atoms with Gasteiger partial charge in [0.25, 0.3) is 11.2 Å². The molecule has 0 unspecified atom stereocenters. The summed E-state index contributed by atoms with van der Waals surface area (Å²) in [6, 6.07) is 17.4. The Balaban J connectivity index is 1.50. The third kappa shape index (κ3) is 6.40. The van der Waals surface area contributed by atoms with Gasteiger partial charge < -0.3 is 9.47 Å². The van der Waals surface area contributed by atoms with Crippen LogP contribution in [0.1, 0.15) is 67.5 Å². The molecule has 0 amide bonds. The number of nitro groups is 1. The lowest BCUT2D eigenvalue weighted by Gasteiger charge is -2.22. The summed E-state index contributed by atoms with van der Waals surface area (Å²) in [5.41, 5.74) is 2.91. The molecule has 216 valence electrons. The van der Waals surface area contributed by atoms with E-state index in [1.54, 1.807) is 30.5 Å². The van der Waals surface area contributed by atoms with Gasteiger partial charge in [-0.2, -0.15) is 9.78 Å². The molecule has 1 aliphatic carbocycles. The fraction of sp³-hybridized carbons (Fsp3) is 0.303. The Morgan fingerprint density at radius 1 is 1.10 bits per heavy atom. The number of aromatic nitrogens is 2. The predicted molar refractivity (Wildman–Crippen MR) is 164 cm³/mol. The molecular formula is C33H34N4O5. The summed E-state index contributed by atoms with van der Waals surface area (Å²) < 4.78 is 13.6. The van der Waals surface area contributed by atoms with Crippen LogP contribution in [0.3, 0.4) is 0 Å². The van der Waals surface area contributed by atoms with E-state index < -0.39 is 4.92 Å². The van der Waals surface area contributed by atoms with Gasteiger partial charge in [-0.3, -0.25) is 14.9 Å². The molecule has 5 rings (SSSR count). The molecule has 1 aliphatic rings. The van der Waals surface area contributed by atoms with Crippen LogP contribution in [0.2, 0.25) is 0 Å². The quantitative estimate of drug-likeness (QED) is 0.0842. The van der Waals surface area contributed by atoms with Crippen LogP contribution in [0, 0.1) is 10.1 Å². The maximum atomic E-state index is 13.6. The average Bonchev–Trinajstić information content (AvgIpc) is 3.01. The monoisotopic (exact) mass is 566 g/mol. The number of hydrogen-bond acceptors (Lipinski definition) is 7. The van der Waals surface area contributed by atoms with Crippen LogP contribution >= 0.6 is 0 Å². The van der Waals surface area contributed by atoms with Crippen LogP contribution in [0.4, 0.5) is 5.69 Å². The van der Waals surface area contributed by atoms with Crippen LogP contribution in [-0.2, 0) is 13.0 Å². The van der Waals surface area contributed by atoms with Crippen molar-refractivity contribution in [1.82, 2.24) is 9.66 Å². The standard InChI is InChI=1S/C33H34N4O5/c1-3-10-26-19-24(20-30(41-4-2)31(26)42-22-23-15-17-27(18-16-23)37(39)40)21-34-36-32(25-11-6-5-7-12-25)35-29-14-9-8-13-28(29)33(36)38/h3,8-9,13-21,25H,1,4-7,10-12,22H2,2H3. The highest BCUT2D eigenvalue weighted by atomic mass is 16.6. The number of nitrogens with zero attached hydrogens (tertiary/aromatic N) is 4. The Morgan fingerprint density at radius 2 is 1.86 bits per heavy atom. The van der Waals surface area contributed by atoms with Crippen molar-refractivity contribution in [3.8, 4) is 11.5 Å². The number of nitro benzene ring substituents is 1. The molecule has 1 saturated carbocycles. The first-order valence-electron chi connectivity index (χ1n) is 14.3. The summed E-state index contributed by atoms with van der Waals surface area (Å²) in [6.07, 6.45) is 9.36. The zero-order valence-electron chi connectivity index (χ0n) is 23.7. The third-order valence-corrected chi connectivity index (χ3v) is 7.42. The van der Waals surface area contributed by atoms with Crippen LogP contribution in [0.5, 0.6) is 11.5 Å². The molecule has 0 aliphatic heterocycles. The largest absolute Gasteiger partial charge is 0.490 e. The normalized spacial score (nSPS) is 13.8. The molecule has 0 saturated heterocycles. The van der Waals surface area contributed by atoms with E-state index in [2.05, 4.69) is 11.7 Å². The molecule has 0 radical (unpaired) electrons. The Bertz CT molecular complexity index is 1670. The topological polar surface area (TPSA) is 109 Å². The van der Waals surface area contributed by atoms with Gasteiger partial charge in [0.15, 0.2) is 11.5 Å². The highest BCUT2D eigenvalue weighted by molar-refractivity contribution is 5.82. The molecule has 0 N–H and O–H groups in total. The lowest BCUT2D eigenvalue weighted by molar-refractivity contribution is -0.384. The molecule has 9 heteroatoms. The summed E-state index contributed by atoms with van der Waals surface area (Å²) in [6.45, 7) is 6.42. The minimum absolute atomic E-state index is 0.0251. The molecular weight excluding hydrogens is 532 g/mol. The first kappa shape index (κ1) is 28.7. The molecule has 1 fully saturated rings. The second kappa shape index (κ2) is 13.2. The van der Waals surface area contributed by atoms with Crippen molar-refractivity contribution in [2.24, 2.45) is 5.10 Å². The maximum Gasteiger partial charge on any atom is 0.282 e. The molecule has 1 heterocycles. The van der Waals surface area contributed by atoms with E-state index in [1.165, 1.54) is 23.2 Å². The van der Waals surface area contributed by atoms with Gasteiger partial charge in [-0.1, -0.05) is 37.5 Å². The van der Waals surface area contributed by atoms with Gasteiger partial charge in [0.2, 0.25) is 0 Å². The molecule has 0 bridgehead atoms. The van der Waals surface area contributed by atoms with Crippen molar-refractivity contribution in [2.45, 2.75) is 58.0 Å². The van der Waals surface area contributed by atoms with E-state index in [4.69, 9.17) is 14.5 Å². The first-order chi connectivity index (χ1) is 20.5. The number of non-ortho nitro benzene ring substituents is 1. The van der Waals surface area contributed by atoms with Crippen LogP contribution in [0.15, 0.2) is 83.2 Å². The minimum atomic E-state index is -0.430. The number of hydrogen-bond donors (Lipinski definition) is 0. The van der Waals surface area contributed by atoms with E-state index >= 15 is 0 Å². The number of para-hydroxylation sites is 1. The fourth-order valence-electron chi connectivity index (χ4n) is 5.36. The number of allylic oxidation sites excluding steroid dienone is 1. The zero-order chi connectivity index (χ0) is 29.5. The summed E-state index contributed by atoms with van der Waals surface area (Å²) in [7, 11) is 0. The van der Waals surface area contributed by atoms with Crippen molar-refractivity contribution >= 4 is 22.8 Å². The van der Waals surface area contributed by atoms with Crippen molar-refractivity contribution in [2.75, 3.05) is 6.61 Å². The van der Waals surface area contributed by atoms with E-state index in [-0.39, 0.29) is 23.8 Å². The molecule has 4 aromatic rings. The van der Waals surface area contributed by atoms with Crippen LogP contribution in [-0.4, -0.2) is 27.4 Å². The SMILES string of the molecule is C=CCc1cc(C=Nn2c(C3CCCCC3)nc3ccccc3c2=O)cc(OCC)c1OCc1ccc([N+](=O)[O-])cc1. The Morgan fingerprint density at radius 3 is 2.57 bits per heavy atom. The van der Waals surface area contributed by atoms with Crippen molar-refractivity contribution in [1.29, 1.82) is 0 Å². The van der Waals surface area contributed by atoms with Crippen LogP contribution in [0.25, 0.3) is 10.9 Å².